The summed E-state index contributed by atoms with van der Waals surface area (Å²) in [6.07, 6.45) is 2.42. The van der Waals surface area contributed by atoms with Gasteiger partial charge in [0.25, 0.3) is 0 Å². The molecule has 1 N–H and O–H groups in total. The molecule has 0 aliphatic carbocycles. The van der Waals surface area contributed by atoms with E-state index in [9.17, 15) is 4.79 Å². The van der Waals surface area contributed by atoms with Crippen molar-refractivity contribution in [1.29, 1.82) is 0 Å². The molecule has 0 fully saturated rings. The molecule has 2 nitrogen and oxygen atoms in total. The Morgan fingerprint density at radius 3 is 2.71 bits per heavy atom. The van der Waals surface area contributed by atoms with Crippen LogP contribution < -0.4 is 5.43 Å². The normalized spacial score (nSPS) is 12.2. The summed E-state index contributed by atoms with van der Waals surface area (Å²) in [5, 5.41) is 3.64. The lowest BCUT2D eigenvalue weighted by atomic mass is 10.0. The maximum absolute atomic E-state index is 12.7. The van der Waals surface area contributed by atoms with Crippen LogP contribution in [0.25, 0.3) is 21.7 Å². The van der Waals surface area contributed by atoms with Crippen molar-refractivity contribution in [2.75, 3.05) is 0 Å². The minimum Gasteiger partial charge on any atom is -0.358 e. The summed E-state index contributed by atoms with van der Waals surface area (Å²) >= 11 is 5.88. The molecule has 0 radical (unpaired) electrons. The average Bonchev–Trinajstić information content (AvgIpc) is 2.46. The number of halogens is 1. The fourth-order valence-electron chi connectivity index (χ4n) is 2.68. The second-order valence-corrected chi connectivity index (χ2v) is 5.86. The van der Waals surface area contributed by atoms with E-state index in [-0.39, 0.29) is 5.43 Å². The molecule has 0 amide bonds. The van der Waals surface area contributed by atoms with E-state index < -0.39 is 0 Å². The van der Waals surface area contributed by atoms with Gasteiger partial charge in [-0.25, -0.2) is 0 Å². The number of aromatic nitrogens is 1. The summed E-state index contributed by atoms with van der Waals surface area (Å²) in [6, 6.07) is 12.0. The molecular formula is C18H16ClNO. The van der Waals surface area contributed by atoms with Crippen LogP contribution in [0.15, 0.2) is 52.3 Å². The molecule has 1 aromatic heterocycles. The Balaban J connectivity index is 2.34. The molecule has 0 aliphatic rings. The SMILES string of the molecule is C/C(Cl)=C\Cc1c(C)[nH]c2c(ccc3ccccc32)c1=O. The van der Waals surface area contributed by atoms with Crippen molar-refractivity contribution < 1.29 is 0 Å². The number of benzene rings is 2. The van der Waals surface area contributed by atoms with E-state index in [0.29, 0.717) is 11.5 Å². The van der Waals surface area contributed by atoms with E-state index in [1.807, 2.05) is 50.3 Å². The predicted octanol–water partition coefficient (Wildman–Crippen LogP) is 4.67. The first-order valence-electron chi connectivity index (χ1n) is 6.93. The molecule has 3 aromatic rings. The highest BCUT2D eigenvalue weighted by atomic mass is 35.5. The van der Waals surface area contributed by atoms with Crippen LogP contribution in [0.5, 0.6) is 0 Å². The topological polar surface area (TPSA) is 32.9 Å². The number of nitrogens with one attached hydrogen (secondary N) is 1. The summed E-state index contributed by atoms with van der Waals surface area (Å²) in [5.41, 5.74) is 2.67. The number of rotatable bonds is 2. The van der Waals surface area contributed by atoms with Gasteiger partial charge in [0.05, 0.1) is 5.52 Å². The molecular weight excluding hydrogens is 282 g/mol. The maximum Gasteiger partial charge on any atom is 0.193 e. The molecule has 21 heavy (non-hydrogen) atoms. The minimum absolute atomic E-state index is 0.0844. The van der Waals surface area contributed by atoms with Gasteiger partial charge in [0.1, 0.15) is 0 Å². The van der Waals surface area contributed by atoms with E-state index in [0.717, 1.165) is 32.9 Å². The number of H-pyrrole nitrogens is 1. The third-order valence-electron chi connectivity index (χ3n) is 3.80. The van der Waals surface area contributed by atoms with Crippen molar-refractivity contribution in [1.82, 2.24) is 4.98 Å². The molecule has 0 saturated heterocycles. The highest BCUT2D eigenvalue weighted by Crippen LogP contribution is 2.23. The fourth-order valence-corrected chi connectivity index (χ4v) is 2.76. The van der Waals surface area contributed by atoms with Crippen molar-refractivity contribution in [2.45, 2.75) is 20.3 Å². The monoisotopic (exact) mass is 297 g/mol. The van der Waals surface area contributed by atoms with Crippen molar-refractivity contribution in [3.63, 3.8) is 0 Å². The van der Waals surface area contributed by atoms with E-state index >= 15 is 0 Å². The third-order valence-corrected chi connectivity index (χ3v) is 3.95. The average molecular weight is 298 g/mol. The Hall–Kier alpha value is -2.06. The van der Waals surface area contributed by atoms with E-state index in [1.54, 1.807) is 0 Å². The van der Waals surface area contributed by atoms with Gasteiger partial charge in [-0.05, 0) is 31.7 Å². The number of hydrogen-bond donors (Lipinski definition) is 1. The Kier molecular flexibility index (Phi) is 3.56. The van der Waals surface area contributed by atoms with Gasteiger partial charge in [0.2, 0.25) is 0 Å². The molecule has 2 aromatic carbocycles. The zero-order valence-corrected chi connectivity index (χ0v) is 12.8. The summed E-state index contributed by atoms with van der Waals surface area (Å²) < 4.78 is 0. The quantitative estimate of drug-likeness (QED) is 0.685. The summed E-state index contributed by atoms with van der Waals surface area (Å²) in [4.78, 5) is 16.1. The lowest BCUT2D eigenvalue weighted by molar-refractivity contribution is 1.11. The Morgan fingerprint density at radius 2 is 1.95 bits per heavy atom. The zero-order chi connectivity index (χ0) is 15.0. The van der Waals surface area contributed by atoms with E-state index in [2.05, 4.69) is 11.1 Å². The number of hydrogen-bond acceptors (Lipinski definition) is 1. The highest BCUT2D eigenvalue weighted by Gasteiger charge is 2.10. The number of aryl methyl sites for hydroxylation is 1. The first kappa shape index (κ1) is 13.9. The molecule has 1 heterocycles. The zero-order valence-electron chi connectivity index (χ0n) is 12.0. The lowest BCUT2D eigenvalue weighted by Gasteiger charge is -2.09. The Morgan fingerprint density at radius 1 is 1.19 bits per heavy atom. The first-order chi connectivity index (χ1) is 10.1. The van der Waals surface area contributed by atoms with Crippen LogP contribution in [0, 0.1) is 6.92 Å². The van der Waals surface area contributed by atoms with E-state index in [1.165, 1.54) is 0 Å². The molecule has 106 valence electrons. The fraction of sp³-hybridized carbons (Fsp3) is 0.167. The minimum atomic E-state index is 0.0844. The summed E-state index contributed by atoms with van der Waals surface area (Å²) in [5.74, 6) is 0. The molecule has 0 atom stereocenters. The van der Waals surface area contributed by atoms with Gasteiger partial charge >= 0.3 is 0 Å². The van der Waals surface area contributed by atoms with Gasteiger partial charge < -0.3 is 4.98 Å². The summed E-state index contributed by atoms with van der Waals surface area (Å²) in [6.45, 7) is 3.76. The molecule has 0 saturated carbocycles. The smallest absolute Gasteiger partial charge is 0.193 e. The van der Waals surface area contributed by atoms with Crippen LogP contribution in [0.4, 0.5) is 0 Å². The molecule has 3 rings (SSSR count). The van der Waals surface area contributed by atoms with Crippen molar-refractivity contribution in [2.24, 2.45) is 0 Å². The summed E-state index contributed by atoms with van der Waals surface area (Å²) in [7, 11) is 0. The second kappa shape index (κ2) is 5.38. The van der Waals surface area contributed by atoms with Crippen molar-refractivity contribution in [3.8, 4) is 0 Å². The van der Waals surface area contributed by atoms with Crippen LogP contribution in [0.2, 0.25) is 0 Å². The maximum atomic E-state index is 12.7. The van der Waals surface area contributed by atoms with Crippen LogP contribution in [0.1, 0.15) is 18.2 Å². The standard InChI is InChI=1S/C18H16ClNO/c1-11(19)7-9-14-12(2)20-17-15-6-4-3-5-13(15)8-10-16(17)18(14)21/h3-8,10H,9H2,1-2H3,(H,20,21)/b11-7+. The van der Waals surface area contributed by atoms with Gasteiger partial charge in [-0.2, -0.15) is 0 Å². The first-order valence-corrected chi connectivity index (χ1v) is 7.31. The molecule has 0 bridgehead atoms. The second-order valence-electron chi connectivity index (χ2n) is 5.26. The van der Waals surface area contributed by atoms with Crippen LogP contribution in [-0.4, -0.2) is 4.98 Å². The highest BCUT2D eigenvalue weighted by molar-refractivity contribution is 6.29. The van der Waals surface area contributed by atoms with Crippen LogP contribution in [0.3, 0.4) is 0 Å². The largest absolute Gasteiger partial charge is 0.358 e. The van der Waals surface area contributed by atoms with Gasteiger partial charge in [-0.1, -0.05) is 48.0 Å². The van der Waals surface area contributed by atoms with E-state index in [4.69, 9.17) is 11.6 Å². The van der Waals surface area contributed by atoms with Gasteiger partial charge in [-0.15, -0.1) is 0 Å². The molecule has 3 heteroatoms. The van der Waals surface area contributed by atoms with Gasteiger partial charge in [-0.3, -0.25) is 4.79 Å². The molecule has 0 aliphatic heterocycles. The third kappa shape index (κ3) is 2.47. The molecule has 0 unspecified atom stereocenters. The lowest BCUT2D eigenvalue weighted by Crippen LogP contribution is -2.13. The number of aromatic amines is 1. The predicted molar refractivity (Wildman–Crippen MR) is 90.1 cm³/mol. The number of fused-ring (bicyclic) bond motifs is 3. The van der Waals surface area contributed by atoms with Crippen LogP contribution in [-0.2, 0) is 6.42 Å². The number of pyridine rings is 1. The Bertz CT molecular complexity index is 918. The van der Waals surface area contributed by atoms with Crippen molar-refractivity contribution >= 4 is 33.3 Å². The number of allylic oxidation sites excluding steroid dienone is 2. The Labute approximate surface area is 128 Å². The van der Waals surface area contributed by atoms with Gasteiger partial charge in [0.15, 0.2) is 5.43 Å². The van der Waals surface area contributed by atoms with Gasteiger partial charge in [0, 0.05) is 27.1 Å². The van der Waals surface area contributed by atoms with Crippen LogP contribution >= 0.6 is 11.6 Å². The van der Waals surface area contributed by atoms with Crippen molar-refractivity contribution in [3.05, 3.63) is 69.0 Å². The molecule has 0 spiro atoms.